The Morgan fingerprint density at radius 2 is 2.04 bits per heavy atom. The van der Waals surface area contributed by atoms with Gasteiger partial charge in [0.05, 0.1) is 16.4 Å². The largest absolute Gasteiger partial charge is 0.406 e. The van der Waals surface area contributed by atoms with Crippen molar-refractivity contribution in [3.05, 3.63) is 47.3 Å². The average molecular weight is 352 g/mol. The van der Waals surface area contributed by atoms with E-state index in [1.807, 2.05) is 24.3 Å². The molecule has 0 spiro atoms. The summed E-state index contributed by atoms with van der Waals surface area (Å²) < 4.78 is 40.1. The van der Waals surface area contributed by atoms with E-state index in [0.29, 0.717) is 22.1 Å². The average Bonchev–Trinajstić information content (AvgIpc) is 3.02. The number of anilines is 1. The van der Waals surface area contributed by atoms with E-state index < -0.39 is 12.7 Å². The van der Waals surface area contributed by atoms with Gasteiger partial charge in [-0.2, -0.15) is 18.3 Å². The number of aryl methyl sites for hydroxylation is 1. The van der Waals surface area contributed by atoms with Gasteiger partial charge in [0.1, 0.15) is 6.54 Å². The predicted molar refractivity (Wildman–Crippen MR) is 90.8 cm³/mol. The molecule has 0 aliphatic carbocycles. The van der Waals surface area contributed by atoms with Crippen LogP contribution in [-0.2, 0) is 6.54 Å². The number of thiazole rings is 1. The topological polar surface area (TPSA) is 42.2 Å². The molecule has 0 amide bonds. The minimum atomic E-state index is -4.25. The van der Waals surface area contributed by atoms with Crippen molar-refractivity contribution in [2.75, 3.05) is 5.43 Å². The van der Waals surface area contributed by atoms with Gasteiger partial charge in [-0.25, -0.2) is 4.98 Å². The Kier molecular flexibility index (Phi) is 4.31. The smallest absolute Gasteiger partial charge is 0.339 e. The van der Waals surface area contributed by atoms with Crippen LogP contribution in [0.1, 0.15) is 17.0 Å². The monoisotopic (exact) mass is 352 g/mol. The maximum atomic E-state index is 12.6. The van der Waals surface area contributed by atoms with Crippen LogP contribution < -0.4 is 5.43 Å². The fourth-order valence-corrected chi connectivity index (χ4v) is 3.27. The Hall–Kier alpha value is -2.35. The molecule has 24 heavy (non-hydrogen) atoms. The summed E-state index contributed by atoms with van der Waals surface area (Å²) in [7, 11) is 0. The molecule has 0 saturated carbocycles. The first-order valence-electron chi connectivity index (χ1n) is 7.21. The number of nitrogens with zero attached hydrogens (tertiary/aromatic N) is 3. The lowest BCUT2D eigenvalue weighted by Crippen LogP contribution is -2.19. The van der Waals surface area contributed by atoms with Crippen molar-refractivity contribution in [3.63, 3.8) is 0 Å². The van der Waals surface area contributed by atoms with Gasteiger partial charge in [0.25, 0.3) is 0 Å². The number of hydrazone groups is 1. The van der Waals surface area contributed by atoms with Gasteiger partial charge in [0.15, 0.2) is 0 Å². The van der Waals surface area contributed by atoms with E-state index in [2.05, 4.69) is 15.5 Å². The molecule has 1 N–H and O–H groups in total. The molecule has 0 saturated heterocycles. The molecule has 0 fully saturated rings. The van der Waals surface area contributed by atoms with Gasteiger partial charge in [-0.05, 0) is 32.0 Å². The molecule has 126 valence electrons. The number of nitrogens with one attached hydrogen (secondary N) is 1. The third kappa shape index (κ3) is 3.59. The first-order valence-corrected chi connectivity index (χ1v) is 8.03. The summed E-state index contributed by atoms with van der Waals surface area (Å²) in [6.07, 6.45) is -2.73. The van der Waals surface area contributed by atoms with Crippen molar-refractivity contribution in [1.29, 1.82) is 0 Å². The summed E-state index contributed by atoms with van der Waals surface area (Å²) in [6, 6.07) is 9.40. The third-order valence-corrected chi connectivity index (χ3v) is 4.55. The molecule has 0 bridgehead atoms. The molecule has 2 heterocycles. The second kappa shape index (κ2) is 6.27. The number of aromatic nitrogens is 2. The fourth-order valence-electron chi connectivity index (χ4n) is 2.46. The Morgan fingerprint density at radius 1 is 1.29 bits per heavy atom. The number of para-hydroxylation sites is 1. The number of fused-ring (bicyclic) bond motifs is 1. The molecule has 4 nitrogen and oxygen atoms in total. The highest BCUT2D eigenvalue weighted by Crippen LogP contribution is 2.25. The lowest BCUT2D eigenvalue weighted by molar-refractivity contribution is -0.141. The van der Waals surface area contributed by atoms with Gasteiger partial charge in [-0.15, -0.1) is 0 Å². The summed E-state index contributed by atoms with van der Waals surface area (Å²) in [4.78, 5) is 4.38. The first kappa shape index (κ1) is 16.5. The van der Waals surface area contributed by atoms with Crippen LogP contribution in [0.3, 0.4) is 0 Å². The summed E-state index contributed by atoms with van der Waals surface area (Å²) in [6.45, 7) is 2.30. The van der Waals surface area contributed by atoms with Gasteiger partial charge < -0.3 is 4.57 Å². The quantitative estimate of drug-likeness (QED) is 0.545. The SMILES string of the molecule is Cc1cc(C=NNc2nc3ccccc3s2)c(C)n1CC(F)(F)F. The second-order valence-electron chi connectivity index (χ2n) is 5.38. The normalized spacial score (nSPS) is 12.4. The number of benzene rings is 1. The van der Waals surface area contributed by atoms with E-state index in [4.69, 9.17) is 0 Å². The maximum Gasteiger partial charge on any atom is 0.406 e. The van der Waals surface area contributed by atoms with Gasteiger partial charge in [0, 0.05) is 17.0 Å². The van der Waals surface area contributed by atoms with Crippen molar-refractivity contribution in [2.24, 2.45) is 5.10 Å². The van der Waals surface area contributed by atoms with Crippen LogP contribution in [-0.4, -0.2) is 21.9 Å². The van der Waals surface area contributed by atoms with Crippen LogP contribution in [0, 0.1) is 13.8 Å². The number of alkyl halides is 3. The zero-order chi connectivity index (χ0) is 17.3. The van der Waals surface area contributed by atoms with Crippen molar-refractivity contribution in [3.8, 4) is 0 Å². The van der Waals surface area contributed by atoms with E-state index in [1.54, 1.807) is 19.9 Å². The Labute approximate surface area is 140 Å². The van der Waals surface area contributed by atoms with Gasteiger partial charge in [0.2, 0.25) is 5.13 Å². The maximum absolute atomic E-state index is 12.6. The molecule has 2 aromatic heterocycles. The van der Waals surface area contributed by atoms with E-state index >= 15 is 0 Å². The van der Waals surface area contributed by atoms with Crippen LogP contribution in [0.15, 0.2) is 35.4 Å². The van der Waals surface area contributed by atoms with Crippen LogP contribution >= 0.6 is 11.3 Å². The molecule has 3 aromatic rings. The number of hydrogen-bond donors (Lipinski definition) is 1. The van der Waals surface area contributed by atoms with E-state index in [-0.39, 0.29) is 0 Å². The fraction of sp³-hybridized carbons (Fsp3) is 0.250. The predicted octanol–water partition coefficient (Wildman–Crippen LogP) is 4.72. The number of halogens is 3. The summed E-state index contributed by atoms with van der Waals surface area (Å²) in [5.74, 6) is 0. The zero-order valence-corrected chi connectivity index (χ0v) is 13.9. The minimum absolute atomic E-state index is 0.527. The van der Waals surface area contributed by atoms with Crippen LogP contribution in [0.2, 0.25) is 0 Å². The van der Waals surface area contributed by atoms with E-state index in [1.165, 1.54) is 22.1 Å². The Morgan fingerprint density at radius 3 is 2.75 bits per heavy atom. The highest BCUT2D eigenvalue weighted by Gasteiger charge is 2.29. The van der Waals surface area contributed by atoms with Crippen molar-refractivity contribution < 1.29 is 13.2 Å². The Balaban J connectivity index is 1.76. The van der Waals surface area contributed by atoms with Crippen molar-refractivity contribution in [2.45, 2.75) is 26.6 Å². The van der Waals surface area contributed by atoms with Crippen molar-refractivity contribution in [1.82, 2.24) is 9.55 Å². The standard InChI is InChI=1S/C16H15F3N4S/c1-10-7-12(11(2)23(10)9-16(17,18)19)8-20-22-15-21-13-5-3-4-6-14(13)24-15/h3-8H,9H2,1-2H3,(H,21,22). The lowest BCUT2D eigenvalue weighted by Gasteiger charge is -2.12. The highest BCUT2D eigenvalue weighted by molar-refractivity contribution is 7.22. The molecule has 0 aliphatic heterocycles. The van der Waals surface area contributed by atoms with Gasteiger partial charge >= 0.3 is 6.18 Å². The van der Waals surface area contributed by atoms with Crippen molar-refractivity contribution >= 4 is 32.9 Å². The summed E-state index contributed by atoms with van der Waals surface area (Å²) in [5, 5.41) is 4.73. The molecule has 3 rings (SSSR count). The summed E-state index contributed by atoms with van der Waals surface area (Å²) >= 11 is 1.46. The lowest BCUT2D eigenvalue weighted by atomic mass is 10.3. The molecular formula is C16H15F3N4S. The molecule has 0 atom stereocenters. The second-order valence-corrected chi connectivity index (χ2v) is 6.42. The van der Waals surface area contributed by atoms with E-state index in [0.717, 1.165) is 10.2 Å². The van der Waals surface area contributed by atoms with Gasteiger partial charge in [-0.1, -0.05) is 23.5 Å². The van der Waals surface area contributed by atoms with Gasteiger partial charge in [-0.3, -0.25) is 5.43 Å². The molecule has 0 radical (unpaired) electrons. The zero-order valence-electron chi connectivity index (χ0n) is 13.1. The first-order chi connectivity index (χ1) is 11.3. The molecular weight excluding hydrogens is 337 g/mol. The molecule has 0 aliphatic rings. The number of rotatable bonds is 4. The summed E-state index contributed by atoms with van der Waals surface area (Å²) in [5.41, 5.74) is 5.43. The number of hydrogen-bond acceptors (Lipinski definition) is 4. The Bertz CT molecular complexity index is 859. The molecule has 1 aromatic carbocycles. The van der Waals surface area contributed by atoms with Crippen LogP contribution in [0.5, 0.6) is 0 Å². The van der Waals surface area contributed by atoms with Crippen LogP contribution in [0.4, 0.5) is 18.3 Å². The molecule has 8 heteroatoms. The highest BCUT2D eigenvalue weighted by atomic mass is 32.1. The third-order valence-electron chi connectivity index (χ3n) is 3.61. The van der Waals surface area contributed by atoms with Crippen LogP contribution in [0.25, 0.3) is 10.2 Å². The minimum Gasteiger partial charge on any atom is -0.339 e. The molecule has 0 unspecified atom stereocenters. The van der Waals surface area contributed by atoms with E-state index in [9.17, 15) is 13.2 Å².